The lowest BCUT2D eigenvalue weighted by Crippen LogP contribution is -2.09. The number of rotatable bonds is 2. The van der Waals surface area contributed by atoms with Crippen LogP contribution < -0.4 is 0 Å². The number of Topliss-reactive ketones (excluding diaryl/α,β-unsaturated/α-hetero) is 1. The molecular formula is C12H10ClNO2. The average molecular weight is 236 g/mol. The Morgan fingerprint density at radius 3 is 2.50 bits per heavy atom. The number of aryl methyl sites for hydroxylation is 1. The topological polar surface area (TPSA) is 39.1 Å². The van der Waals surface area contributed by atoms with E-state index in [0.717, 1.165) is 16.6 Å². The molecule has 0 amide bonds. The first kappa shape index (κ1) is 10.9. The number of nitrogens with zero attached hydrogens (tertiary/aromatic N) is 1. The standard InChI is InChI=1S/C12H10ClNO2/c1-7-10(11(15)12(13)16)8-5-3-4-6-9(8)14(7)2/h3-6H,1-2H3. The summed E-state index contributed by atoms with van der Waals surface area (Å²) >= 11 is 5.25. The Morgan fingerprint density at radius 2 is 1.88 bits per heavy atom. The highest BCUT2D eigenvalue weighted by Crippen LogP contribution is 2.25. The van der Waals surface area contributed by atoms with Crippen LogP contribution in [0.3, 0.4) is 0 Å². The number of hydrogen-bond donors (Lipinski definition) is 0. The Balaban J connectivity index is 2.84. The summed E-state index contributed by atoms with van der Waals surface area (Å²) in [5.41, 5.74) is 2.07. The van der Waals surface area contributed by atoms with Crippen LogP contribution in [-0.2, 0) is 11.8 Å². The molecule has 0 spiro atoms. The minimum Gasteiger partial charge on any atom is -0.347 e. The van der Waals surface area contributed by atoms with Crippen molar-refractivity contribution >= 4 is 33.5 Å². The largest absolute Gasteiger partial charge is 0.347 e. The van der Waals surface area contributed by atoms with Gasteiger partial charge in [0.15, 0.2) is 0 Å². The molecule has 0 fully saturated rings. The molecule has 0 aliphatic carbocycles. The van der Waals surface area contributed by atoms with Crippen molar-refractivity contribution in [2.75, 3.05) is 0 Å². The van der Waals surface area contributed by atoms with Gasteiger partial charge in [0.05, 0.1) is 5.56 Å². The maximum Gasteiger partial charge on any atom is 0.293 e. The van der Waals surface area contributed by atoms with Gasteiger partial charge in [-0.1, -0.05) is 18.2 Å². The highest BCUT2D eigenvalue weighted by molar-refractivity contribution is 6.83. The van der Waals surface area contributed by atoms with E-state index in [-0.39, 0.29) is 0 Å². The van der Waals surface area contributed by atoms with Gasteiger partial charge in [0.2, 0.25) is 5.78 Å². The number of carbonyl (C=O) groups is 2. The third kappa shape index (κ3) is 1.44. The van der Waals surface area contributed by atoms with Gasteiger partial charge in [-0.05, 0) is 24.6 Å². The van der Waals surface area contributed by atoms with Gasteiger partial charge in [0.25, 0.3) is 5.24 Å². The first-order chi connectivity index (χ1) is 7.54. The molecule has 0 aliphatic rings. The number of halogens is 1. The quantitative estimate of drug-likeness (QED) is 0.456. The third-order valence-corrected chi connectivity index (χ3v) is 2.98. The SMILES string of the molecule is Cc1c(C(=O)C(=O)Cl)c2ccccc2n1C. The normalized spacial score (nSPS) is 10.7. The Labute approximate surface area is 97.6 Å². The molecule has 1 aromatic heterocycles. The summed E-state index contributed by atoms with van der Waals surface area (Å²) in [6, 6.07) is 7.43. The van der Waals surface area contributed by atoms with E-state index < -0.39 is 11.0 Å². The second kappa shape index (κ2) is 3.76. The summed E-state index contributed by atoms with van der Waals surface area (Å²) in [5.74, 6) is -0.643. The molecule has 0 unspecified atom stereocenters. The molecule has 0 saturated carbocycles. The van der Waals surface area contributed by atoms with Crippen molar-refractivity contribution in [2.45, 2.75) is 6.92 Å². The molecule has 0 saturated heterocycles. The Kier molecular flexibility index (Phi) is 2.56. The van der Waals surface area contributed by atoms with Gasteiger partial charge in [-0.15, -0.1) is 0 Å². The molecule has 2 aromatic rings. The third-order valence-electron chi connectivity index (χ3n) is 2.81. The molecule has 4 heteroatoms. The molecule has 0 N–H and O–H groups in total. The maximum atomic E-state index is 11.7. The van der Waals surface area contributed by atoms with E-state index in [1.165, 1.54) is 0 Å². The number of ketones is 1. The Hall–Kier alpha value is -1.61. The van der Waals surface area contributed by atoms with Gasteiger partial charge in [-0.3, -0.25) is 9.59 Å². The summed E-state index contributed by atoms with van der Waals surface area (Å²) in [6.07, 6.45) is 0. The summed E-state index contributed by atoms with van der Waals surface area (Å²) in [5, 5.41) is -0.180. The van der Waals surface area contributed by atoms with Crippen LogP contribution in [0.25, 0.3) is 10.9 Å². The van der Waals surface area contributed by atoms with Crippen LogP contribution in [0.4, 0.5) is 0 Å². The smallest absolute Gasteiger partial charge is 0.293 e. The zero-order valence-electron chi connectivity index (χ0n) is 8.95. The van der Waals surface area contributed by atoms with Gasteiger partial charge in [0, 0.05) is 23.6 Å². The van der Waals surface area contributed by atoms with Crippen LogP contribution in [0.1, 0.15) is 16.1 Å². The van der Waals surface area contributed by atoms with E-state index >= 15 is 0 Å². The fourth-order valence-electron chi connectivity index (χ4n) is 1.91. The zero-order chi connectivity index (χ0) is 11.9. The van der Waals surface area contributed by atoms with Gasteiger partial charge in [0.1, 0.15) is 0 Å². The molecule has 2 rings (SSSR count). The van der Waals surface area contributed by atoms with Gasteiger partial charge >= 0.3 is 0 Å². The van der Waals surface area contributed by atoms with E-state index in [1.54, 1.807) is 6.92 Å². The molecular weight excluding hydrogens is 226 g/mol. The maximum absolute atomic E-state index is 11.7. The van der Waals surface area contributed by atoms with Crippen LogP contribution in [0.2, 0.25) is 0 Å². The number of benzene rings is 1. The molecule has 0 radical (unpaired) electrons. The van der Waals surface area contributed by atoms with Crippen molar-refractivity contribution in [1.82, 2.24) is 4.57 Å². The molecule has 0 aliphatic heterocycles. The molecule has 3 nitrogen and oxygen atoms in total. The van der Waals surface area contributed by atoms with Crippen molar-refractivity contribution in [3.05, 3.63) is 35.5 Å². The first-order valence-electron chi connectivity index (χ1n) is 4.82. The first-order valence-corrected chi connectivity index (χ1v) is 5.20. The van der Waals surface area contributed by atoms with Crippen LogP contribution in [0, 0.1) is 6.92 Å². The number of hydrogen-bond acceptors (Lipinski definition) is 2. The van der Waals surface area contributed by atoms with E-state index in [9.17, 15) is 9.59 Å². The van der Waals surface area contributed by atoms with Crippen molar-refractivity contribution in [1.29, 1.82) is 0 Å². The molecule has 0 bridgehead atoms. The Morgan fingerprint density at radius 1 is 1.25 bits per heavy atom. The lowest BCUT2D eigenvalue weighted by molar-refractivity contribution is -0.108. The van der Waals surface area contributed by atoms with E-state index in [0.29, 0.717) is 5.56 Å². The summed E-state index contributed by atoms with van der Waals surface area (Å²) < 4.78 is 1.88. The van der Waals surface area contributed by atoms with Crippen molar-refractivity contribution in [3.8, 4) is 0 Å². The fourth-order valence-corrected chi connectivity index (χ4v) is 2.00. The number of aromatic nitrogens is 1. The van der Waals surface area contributed by atoms with E-state index in [2.05, 4.69) is 0 Å². The number of carbonyl (C=O) groups excluding carboxylic acids is 2. The summed E-state index contributed by atoms with van der Waals surface area (Å²) in [6.45, 7) is 1.80. The van der Waals surface area contributed by atoms with Crippen molar-refractivity contribution in [2.24, 2.45) is 7.05 Å². The lowest BCUT2D eigenvalue weighted by atomic mass is 10.1. The highest BCUT2D eigenvalue weighted by Gasteiger charge is 2.22. The average Bonchev–Trinajstić information content (AvgIpc) is 2.52. The van der Waals surface area contributed by atoms with Crippen LogP contribution in [0.15, 0.2) is 24.3 Å². The van der Waals surface area contributed by atoms with Crippen molar-refractivity contribution in [3.63, 3.8) is 0 Å². The van der Waals surface area contributed by atoms with E-state index in [4.69, 9.17) is 11.6 Å². The molecule has 82 valence electrons. The summed E-state index contributed by atoms with van der Waals surface area (Å²) in [4.78, 5) is 22.7. The number of para-hydroxylation sites is 1. The molecule has 0 atom stereocenters. The van der Waals surface area contributed by atoms with Gasteiger partial charge < -0.3 is 4.57 Å². The predicted molar refractivity (Wildman–Crippen MR) is 62.8 cm³/mol. The zero-order valence-corrected chi connectivity index (χ0v) is 9.71. The van der Waals surface area contributed by atoms with Crippen LogP contribution in [0.5, 0.6) is 0 Å². The second-order valence-corrected chi connectivity index (χ2v) is 3.98. The van der Waals surface area contributed by atoms with Gasteiger partial charge in [-0.25, -0.2) is 0 Å². The lowest BCUT2D eigenvalue weighted by Gasteiger charge is -1.98. The highest BCUT2D eigenvalue weighted by atomic mass is 35.5. The molecule has 1 aromatic carbocycles. The molecule has 1 heterocycles. The second-order valence-electron chi connectivity index (χ2n) is 3.64. The summed E-state index contributed by atoms with van der Waals surface area (Å²) in [7, 11) is 1.85. The minimum atomic E-state index is -0.945. The fraction of sp³-hybridized carbons (Fsp3) is 0.167. The van der Waals surface area contributed by atoms with Gasteiger partial charge in [-0.2, -0.15) is 0 Å². The van der Waals surface area contributed by atoms with Crippen LogP contribution >= 0.6 is 11.6 Å². The van der Waals surface area contributed by atoms with E-state index in [1.807, 2.05) is 35.9 Å². The van der Waals surface area contributed by atoms with Crippen molar-refractivity contribution < 1.29 is 9.59 Å². The number of fused-ring (bicyclic) bond motifs is 1. The molecule has 16 heavy (non-hydrogen) atoms. The predicted octanol–water partition coefficient (Wildman–Crippen LogP) is 2.43. The minimum absolute atomic E-state index is 0.401. The monoisotopic (exact) mass is 235 g/mol. The van der Waals surface area contributed by atoms with Crippen LogP contribution in [-0.4, -0.2) is 15.6 Å². The Bertz CT molecular complexity index is 598.